The van der Waals surface area contributed by atoms with Crippen LogP contribution in [0.3, 0.4) is 0 Å². The van der Waals surface area contributed by atoms with Crippen LogP contribution in [0.4, 0.5) is 4.79 Å². The van der Waals surface area contributed by atoms with Crippen LogP contribution in [0.15, 0.2) is 30.3 Å². The molecule has 2 aliphatic heterocycles. The van der Waals surface area contributed by atoms with Gasteiger partial charge in [-0.2, -0.15) is 4.98 Å². The van der Waals surface area contributed by atoms with Crippen molar-refractivity contribution in [1.82, 2.24) is 20.3 Å². The first kappa shape index (κ1) is 26.3. The zero-order valence-electron chi connectivity index (χ0n) is 21.9. The molecule has 208 valence electrons. The van der Waals surface area contributed by atoms with Crippen molar-refractivity contribution in [3.63, 3.8) is 0 Å². The summed E-state index contributed by atoms with van der Waals surface area (Å²) in [7, 11) is 0. The molecule has 4 heterocycles. The Kier molecular flexibility index (Phi) is 7.37. The van der Waals surface area contributed by atoms with Crippen LogP contribution < -0.4 is 10.1 Å². The van der Waals surface area contributed by atoms with Gasteiger partial charge in [-0.25, -0.2) is 9.78 Å². The van der Waals surface area contributed by atoms with Gasteiger partial charge >= 0.3 is 6.09 Å². The van der Waals surface area contributed by atoms with Crippen molar-refractivity contribution in [2.75, 3.05) is 13.2 Å². The number of hydrogen-bond acceptors (Lipinski definition) is 8. The number of rotatable bonds is 6. The molecule has 0 radical (unpaired) electrons. The first-order chi connectivity index (χ1) is 18.8. The number of aromatic nitrogens is 3. The Bertz CT molecular complexity index is 1320. The second-order valence-corrected chi connectivity index (χ2v) is 11.3. The number of pyridine rings is 1. The van der Waals surface area contributed by atoms with Crippen LogP contribution >= 0.6 is 11.6 Å². The molecule has 1 aliphatic carbocycles. The number of nitrogens with zero attached hydrogens (tertiary/aromatic N) is 2. The number of amides is 1. The van der Waals surface area contributed by atoms with Crippen LogP contribution in [0.2, 0.25) is 5.02 Å². The Labute approximate surface area is 231 Å². The van der Waals surface area contributed by atoms with E-state index in [1.807, 2.05) is 26.0 Å². The third-order valence-corrected chi connectivity index (χ3v) is 7.95. The highest BCUT2D eigenvalue weighted by molar-refractivity contribution is 6.33. The van der Waals surface area contributed by atoms with Crippen LogP contribution in [0, 0.1) is 0 Å². The molecular formula is C28H33ClN4O6. The number of hydrogen-bond donors (Lipinski definition) is 3. The van der Waals surface area contributed by atoms with Crippen molar-refractivity contribution in [2.45, 2.75) is 82.0 Å². The van der Waals surface area contributed by atoms with E-state index in [2.05, 4.69) is 27.4 Å². The lowest BCUT2D eigenvalue weighted by Gasteiger charge is -2.29. The van der Waals surface area contributed by atoms with Crippen molar-refractivity contribution in [3.8, 4) is 17.3 Å². The monoisotopic (exact) mass is 556 g/mol. The lowest BCUT2D eigenvalue weighted by atomic mass is 9.82. The number of carbonyl (C=O) groups is 1. The molecule has 0 spiro atoms. The standard InChI is InChI=1S/C28H33ClN4O6/c1-14(2)30-28(35)38-18-9-7-16(8-10-18)15-3-5-17(6-4-15)23-19(29)11-20-26(32-23)33-27(31-20)39-22-13-37-24-21(34)12-36-25(22)24/h3-6,11,14,16,18,21-22,24-25,34H,7-10,12-13H2,1-2H3,(H,30,35)(H,31,32,33)/t16-,18+,21-,22-,24-,25-/m1/s1. The fourth-order valence-electron chi connectivity index (χ4n) is 5.69. The summed E-state index contributed by atoms with van der Waals surface area (Å²) in [6.07, 6.45) is 1.58. The molecule has 3 aliphatic rings. The molecule has 0 unspecified atom stereocenters. The number of imidazole rings is 1. The molecule has 1 saturated carbocycles. The fraction of sp³-hybridized carbons (Fsp3) is 0.536. The maximum atomic E-state index is 11.9. The molecule has 10 nitrogen and oxygen atoms in total. The van der Waals surface area contributed by atoms with E-state index in [-0.39, 0.29) is 43.2 Å². The van der Waals surface area contributed by atoms with E-state index in [9.17, 15) is 9.90 Å². The number of benzene rings is 1. The third-order valence-electron chi connectivity index (χ3n) is 7.66. The maximum Gasteiger partial charge on any atom is 0.407 e. The Hall–Kier alpha value is -2.92. The van der Waals surface area contributed by atoms with E-state index < -0.39 is 6.10 Å². The molecule has 3 aromatic rings. The van der Waals surface area contributed by atoms with Gasteiger partial charge in [0.05, 0.1) is 23.9 Å². The van der Waals surface area contributed by atoms with Crippen LogP contribution in [0.5, 0.6) is 6.01 Å². The van der Waals surface area contributed by atoms with Crippen LogP contribution in [-0.2, 0) is 14.2 Å². The number of aromatic amines is 1. The fourth-order valence-corrected chi connectivity index (χ4v) is 5.94. The summed E-state index contributed by atoms with van der Waals surface area (Å²) in [5.41, 5.74) is 3.99. The molecule has 2 aromatic heterocycles. The molecule has 1 aromatic carbocycles. The van der Waals surface area contributed by atoms with E-state index >= 15 is 0 Å². The third kappa shape index (κ3) is 5.56. The van der Waals surface area contributed by atoms with Crippen LogP contribution in [0.25, 0.3) is 22.4 Å². The van der Waals surface area contributed by atoms with Crippen molar-refractivity contribution >= 4 is 28.9 Å². The highest BCUT2D eigenvalue weighted by atomic mass is 35.5. The lowest BCUT2D eigenvalue weighted by Crippen LogP contribution is -2.34. The number of ether oxygens (including phenoxy) is 4. The minimum absolute atomic E-state index is 0.0304. The maximum absolute atomic E-state index is 11.9. The van der Waals surface area contributed by atoms with Crippen LogP contribution in [-0.4, -0.2) is 75.9 Å². The lowest BCUT2D eigenvalue weighted by molar-refractivity contribution is 0.00706. The second-order valence-electron chi connectivity index (χ2n) is 10.8. The summed E-state index contributed by atoms with van der Waals surface area (Å²) in [4.78, 5) is 24.2. The van der Waals surface area contributed by atoms with Crippen molar-refractivity contribution < 1.29 is 28.8 Å². The average Bonchev–Trinajstić information content (AvgIpc) is 3.60. The van der Waals surface area contributed by atoms with Gasteiger partial charge in [0, 0.05) is 11.6 Å². The van der Waals surface area contributed by atoms with E-state index in [4.69, 9.17) is 35.5 Å². The van der Waals surface area contributed by atoms with E-state index in [0.717, 1.165) is 31.2 Å². The molecule has 4 atom stereocenters. The topological polar surface area (TPSA) is 128 Å². The van der Waals surface area contributed by atoms with Gasteiger partial charge < -0.3 is 29.4 Å². The Balaban J connectivity index is 1.10. The molecule has 0 bridgehead atoms. The van der Waals surface area contributed by atoms with Gasteiger partial charge in [-0.15, -0.1) is 0 Å². The number of halogens is 1. The largest absolute Gasteiger partial charge is 0.456 e. The molecule has 3 fully saturated rings. The summed E-state index contributed by atoms with van der Waals surface area (Å²) >= 11 is 6.61. The number of aliphatic hydroxyl groups excluding tert-OH is 1. The zero-order valence-corrected chi connectivity index (χ0v) is 22.7. The molecule has 6 rings (SSSR count). The molecule has 11 heteroatoms. The van der Waals surface area contributed by atoms with Gasteiger partial charge in [-0.05, 0) is 57.1 Å². The number of alkyl carbamates (subject to hydrolysis) is 1. The van der Waals surface area contributed by atoms with E-state index in [1.54, 1.807) is 6.07 Å². The summed E-state index contributed by atoms with van der Waals surface area (Å²) in [5, 5.41) is 13.2. The van der Waals surface area contributed by atoms with Crippen molar-refractivity contribution in [2.24, 2.45) is 0 Å². The predicted molar refractivity (Wildman–Crippen MR) is 144 cm³/mol. The van der Waals surface area contributed by atoms with Crippen LogP contribution in [0.1, 0.15) is 51.0 Å². The minimum Gasteiger partial charge on any atom is -0.456 e. The first-order valence-electron chi connectivity index (χ1n) is 13.6. The second kappa shape index (κ2) is 10.9. The summed E-state index contributed by atoms with van der Waals surface area (Å²) in [6, 6.07) is 10.5. The SMILES string of the molecule is CC(C)NC(=O)O[C@H]1CC[C@@H](c2ccc(-c3nc4[nH]c(O[C@@H]5CO[C@H]6[C@@H]5OC[C@H]6O)nc4cc3Cl)cc2)CC1. The van der Waals surface area contributed by atoms with E-state index in [1.165, 1.54) is 5.56 Å². The Morgan fingerprint density at radius 1 is 1.10 bits per heavy atom. The van der Waals surface area contributed by atoms with Gasteiger partial charge in [0.25, 0.3) is 6.01 Å². The van der Waals surface area contributed by atoms with E-state index in [0.29, 0.717) is 40.4 Å². The average molecular weight is 557 g/mol. The highest BCUT2D eigenvalue weighted by Crippen LogP contribution is 2.36. The normalized spacial score (nSPS) is 28.5. The Morgan fingerprint density at radius 2 is 1.85 bits per heavy atom. The highest BCUT2D eigenvalue weighted by Gasteiger charge is 2.48. The number of nitrogens with one attached hydrogen (secondary N) is 2. The molecule has 39 heavy (non-hydrogen) atoms. The predicted octanol–water partition coefficient (Wildman–Crippen LogP) is 4.35. The van der Waals surface area contributed by atoms with Gasteiger partial charge in [-0.3, -0.25) is 4.98 Å². The number of fused-ring (bicyclic) bond motifs is 2. The van der Waals surface area contributed by atoms with Crippen molar-refractivity contribution in [3.05, 3.63) is 40.9 Å². The Morgan fingerprint density at radius 3 is 2.59 bits per heavy atom. The molecule has 1 amide bonds. The number of aliphatic hydroxyl groups is 1. The summed E-state index contributed by atoms with van der Waals surface area (Å²) < 4.78 is 22.8. The quantitative estimate of drug-likeness (QED) is 0.409. The summed E-state index contributed by atoms with van der Waals surface area (Å²) in [5.74, 6) is 0.425. The minimum atomic E-state index is -0.638. The van der Waals surface area contributed by atoms with Gasteiger partial charge in [0.15, 0.2) is 11.8 Å². The molecule has 2 saturated heterocycles. The first-order valence-corrected chi connectivity index (χ1v) is 13.9. The number of H-pyrrole nitrogens is 1. The molecular weight excluding hydrogens is 524 g/mol. The number of carbonyl (C=O) groups excluding carboxylic acids is 1. The zero-order chi connectivity index (χ0) is 27.1. The van der Waals surface area contributed by atoms with Gasteiger partial charge in [0.1, 0.15) is 29.9 Å². The smallest absolute Gasteiger partial charge is 0.407 e. The van der Waals surface area contributed by atoms with Gasteiger partial charge in [0.2, 0.25) is 0 Å². The van der Waals surface area contributed by atoms with Gasteiger partial charge in [-0.1, -0.05) is 35.9 Å². The molecule has 3 N–H and O–H groups in total. The van der Waals surface area contributed by atoms with Crippen molar-refractivity contribution in [1.29, 1.82) is 0 Å². The summed E-state index contributed by atoms with van der Waals surface area (Å²) in [6.45, 7) is 4.39.